The summed E-state index contributed by atoms with van der Waals surface area (Å²) in [6.07, 6.45) is 0. The van der Waals surface area contributed by atoms with Gasteiger partial charge < -0.3 is 18.8 Å². The molecule has 0 aliphatic heterocycles. The second-order valence-electron chi connectivity index (χ2n) is 19.5. The lowest BCUT2D eigenvalue weighted by Crippen LogP contribution is -2.15. The maximum atomic E-state index is 6.49. The van der Waals surface area contributed by atoms with Gasteiger partial charge in [-0.3, -0.25) is 0 Å². The van der Waals surface area contributed by atoms with Crippen LogP contribution in [0, 0.1) is 0 Å². The summed E-state index contributed by atoms with van der Waals surface area (Å²) >= 11 is 0. The molecule has 12 aromatic rings. The molecule has 0 saturated carbocycles. The first-order chi connectivity index (χ1) is 32.2. The summed E-state index contributed by atoms with van der Waals surface area (Å²) in [6.45, 7) is 9.41. The summed E-state index contributed by atoms with van der Waals surface area (Å²) in [7, 11) is 0. The van der Waals surface area contributed by atoms with Crippen LogP contribution in [0.3, 0.4) is 0 Å². The number of hydrogen-bond donors (Lipinski definition) is 2. The highest BCUT2D eigenvalue weighted by molar-refractivity contribution is 6.10. The SMILES string of the molecule is CC1(C)c2cc(-c3ccc(-c4ccc(-c5ccc6c(c5)C(C)(C)c5cc7c(cc5-6)oc5ccc(-c6ccccc6)cc57)[nH]4)[nH]3)ccc2-c2cc3oc4ccc(-c5ccccc5)cc4c3cc21. The Hall–Kier alpha value is -8.08. The normalized spacial score (nSPS) is 14.3. The molecule has 4 heteroatoms. The molecule has 0 spiro atoms. The summed E-state index contributed by atoms with van der Waals surface area (Å²) in [6, 6.07) is 66.1. The Morgan fingerprint density at radius 3 is 1.11 bits per heavy atom. The van der Waals surface area contributed by atoms with Gasteiger partial charge in [-0.15, -0.1) is 0 Å². The fraction of sp³-hybridized carbons (Fsp3) is 0.0968. The Bertz CT molecular complexity index is 3720. The molecule has 0 atom stereocenters. The molecule has 0 amide bonds. The van der Waals surface area contributed by atoms with Crippen molar-refractivity contribution < 1.29 is 8.83 Å². The summed E-state index contributed by atoms with van der Waals surface area (Å²) in [4.78, 5) is 7.52. The highest BCUT2D eigenvalue weighted by Gasteiger charge is 2.38. The predicted molar refractivity (Wildman–Crippen MR) is 272 cm³/mol. The van der Waals surface area contributed by atoms with Crippen LogP contribution in [0.5, 0.6) is 0 Å². The first-order valence-corrected chi connectivity index (χ1v) is 23.0. The van der Waals surface area contributed by atoms with Crippen LogP contribution in [-0.4, -0.2) is 9.97 Å². The molecule has 0 unspecified atom stereocenters. The molecule has 4 nitrogen and oxygen atoms in total. The fourth-order valence-electron chi connectivity index (χ4n) is 11.4. The van der Waals surface area contributed by atoms with E-state index in [0.717, 1.165) is 55.9 Å². The number of aromatic nitrogens is 2. The second-order valence-corrected chi connectivity index (χ2v) is 19.5. The number of aromatic amines is 2. The number of furan rings is 2. The standard InChI is InChI=1S/C62H44N2O2/c1-61(2)49-29-39(15-19-41(49)43-33-59-47(31-51(43)61)45-27-37(17-25-57(45)65-59)35-11-7-5-8-12-35)53-21-23-55(63-53)56-24-22-54(64-56)40-16-20-42-44-34-60-48(32-52(44)62(3,4)50(42)30-40)46-28-38(18-26-58(46)66-60)36-13-9-6-10-14-36/h5-34,63-64H,1-4H3. The van der Waals surface area contributed by atoms with Crippen molar-refractivity contribution >= 4 is 43.9 Å². The molecule has 4 heterocycles. The van der Waals surface area contributed by atoms with Crippen LogP contribution in [0.4, 0.5) is 0 Å². The third-order valence-electron chi connectivity index (χ3n) is 15.0. The monoisotopic (exact) mass is 848 g/mol. The summed E-state index contributed by atoms with van der Waals surface area (Å²) < 4.78 is 13.0. The van der Waals surface area contributed by atoms with E-state index in [1.54, 1.807) is 0 Å². The summed E-state index contributed by atoms with van der Waals surface area (Å²) in [5, 5.41) is 4.64. The zero-order chi connectivity index (χ0) is 44.1. The molecule has 0 saturated heterocycles. The molecule has 0 bridgehead atoms. The van der Waals surface area contributed by atoms with E-state index in [1.165, 1.54) is 88.7 Å². The topological polar surface area (TPSA) is 57.9 Å². The molecule has 14 rings (SSSR count). The first kappa shape index (κ1) is 37.3. The lowest BCUT2D eigenvalue weighted by molar-refractivity contribution is 0.657. The fourth-order valence-corrected chi connectivity index (χ4v) is 11.4. The van der Waals surface area contributed by atoms with Crippen LogP contribution < -0.4 is 0 Å². The van der Waals surface area contributed by atoms with Gasteiger partial charge in [-0.2, -0.15) is 0 Å². The molecule has 8 aromatic carbocycles. The van der Waals surface area contributed by atoms with Crippen molar-refractivity contribution in [3.63, 3.8) is 0 Å². The summed E-state index contributed by atoms with van der Waals surface area (Å²) in [5.74, 6) is 0. The Labute approximate surface area is 382 Å². The van der Waals surface area contributed by atoms with Gasteiger partial charge in [0.25, 0.3) is 0 Å². The maximum absolute atomic E-state index is 6.49. The van der Waals surface area contributed by atoms with E-state index in [-0.39, 0.29) is 10.8 Å². The van der Waals surface area contributed by atoms with Gasteiger partial charge in [0.2, 0.25) is 0 Å². The van der Waals surface area contributed by atoms with Crippen molar-refractivity contribution in [2.75, 3.05) is 0 Å². The van der Waals surface area contributed by atoms with Gasteiger partial charge in [-0.05, 0) is 163 Å². The van der Waals surface area contributed by atoms with Gasteiger partial charge >= 0.3 is 0 Å². The molecule has 0 fully saturated rings. The van der Waals surface area contributed by atoms with E-state index in [1.807, 2.05) is 0 Å². The van der Waals surface area contributed by atoms with E-state index in [4.69, 9.17) is 8.83 Å². The molecule has 4 aromatic heterocycles. The van der Waals surface area contributed by atoms with E-state index in [2.05, 4.69) is 220 Å². The van der Waals surface area contributed by atoms with Crippen LogP contribution in [0.1, 0.15) is 49.9 Å². The summed E-state index contributed by atoms with van der Waals surface area (Å²) in [5.41, 5.74) is 25.2. The largest absolute Gasteiger partial charge is 0.456 e. The van der Waals surface area contributed by atoms with E-state index >= 15 is 0 Å². The van der Waals surface area contributed by atoms with Crippen molar-refractivity contribution in [3.8, 4) is 78.4 Å². The zero-order valence-electron chi connectivity index (χ0n) is 37.1. The quantitative estimate of drug-likeness (QED) is 0.181. The predicted octanol–water partition coefficient (Wildman–Crippen LogP) is 17.1. The third kappa shape index (κ3) is 5.33. The molecule has 2 aliphatic rings. The molecule has 2 aliphatic carbocycles. The van der Waals surface area contributed by atoms with Gasteiger partial charge in [-0.1, -0.05) is 125 Å². The molecular weight excluding hydrogens is 805 g/mol. The van der Waals surface area contributed by atoms with Crippen molar-refractivity contribution in [1.29, 1.82) is 0 Å². The van der Waals surface area contributed by atoms with Crippen LogP contribution in [0.15, 0.2) is 191 Å². The molecule has 314 valence electrons. The molecule has 0 radical (unpaired) electrons. The average Bonchev–Trinajstić information content (AvgIpc) is 4.21. The first-order valence-electron chi connectivity index (χ1n) is 23.0. The number of hydrogen-bond acceptors (Lipinski definition) is 2. The van der Waals surface area contributed by atoms with Crippen LogP contribution in [0.25, 0.3) is 122 Å². The number of benzene rings is 8. The van der Waals surface area contributed by atoms with E-state index in [9.17, 15) is 0 Å². The second kappa shape index (κ2) is 13.2. The number of rotatable bonds is 5. The van der Waals surface area contributed by atoms with Gasteiger partial charge in [0.1, 0.15) is 22.3 Å². The third-order valence-corrected chi connectivity index (χ3v) is 15.0. The van der Waals surface area contributed by atoms with Gasteiger partial charge in [0.15, 0.2) is 0 Å². The van der Waals surface area contributed by atoms with E-state index in [0.29, 0.717) is 0 Å². The number of fused-ring (bicyclic) bond motifs is 12. The Balaban J connectivity index is 0.756. The minimum absolute atomic E-state index is 0.184. The van der Waals surface area contributed by atoms with E-state index < -0.39 is 0 Å². The lowest BCUT2D eigenvalue weighted by atomic mass is 9.81. The molecular formula is C62H44N2O2. The van der Waals surface area contributed by atoms with Crippen LogP contribution in [0.2, 0.25) is 0 Å². The Kier molecular flexibility index (Phi) is 7.49. The smallest absolute Gasteiger partial charge is 0.136 e. The minimum Gasteiger partial charge on any atom is -0.456 e. The minimum atomic E-state index is -0.184. The van der Waals surface area contributed by atoms with Crippen LogP contribution >= 0.6 is 0 Å². The van der Waals surface area contributed by atoms with Crippen molar-refractivity contribution in [2.24, 2.45) is 0 Å². The Morgan fingerprint density at radius 1 is 0.288 bits per heavy atom. The van der Waals surface area contributed by atoms with Crippen molar-refractivity contribution in [1.82, 2.24) is 9.97 Å². The highest BCUT2D eigenvalue weighted by atomic mass is 16.3. The van der Waals surface area contributed by atoms with Crippen LogP contribution in [-0.2, 0) is 10.8 Å². The Morgan fingerprint density at radius 2 is 0.667 bits per heavy atom. The maximum Gasteiger partial charge on any atom is 0.136 e. The highest BCUT2D eigenvalue weighted by Crippen LogP contribution is 2.54. The average molecular weight is 849 g/mol. The van der Waals surface area contributed by atoms with Gasteiger partial charge in [0, 0.05) is 43.8 Å². The van der Waals surface area contributed by atoms with Gasteiger partial charge in [-0.25, -0.2) is 0 Å². The number of nitrogens with one attached hydrogen (secondary N) is 2. The van der Waals surface area contributed by atoms with Crippen molar-refractivity contribution in [3.05, 3.63) is 204 Å². The molecule has 2 N–H and O–H groups in total. The number of H-pyrrole nitrogens is 2. The van der Waals surface area contributed by atoms with Crippen molar-refractivity contribution in [2.45, 2.75) is 38.5 Å². The van der Waals surface area contributed by atoms with Gasteiger partial charge in [0.05, 0.1) is 11.4 Å². The lowest BCUT2D eigenvalue weighted by Gasteiger charge is -2.22. The molecule has 66 heavy (non-hydrogen) atoms. The zero-order valence-corrected chi connectivity index (χ0v) is 37.1.